The van der Waals surface area contributed by atoms with Crippen LogP contribution in [0.15, 0.2) is 0 Å². The van der Waals surface area contributed by atoms with Gasteiger partial charge in [-0.05, 0) is 43.9 Å². The van der Waals surface area contributed by atoms with Gasteiger partial charge in [-0.25, -0.2) is 4.79 Å². The van der Waals surface area contributed by atoms with E-state index in [4.69, 9.17) is 9.47 Å². The molecule has 4 bridgehead atoms. The minimum Gasteiger partial charge on any atom is -0.445 e. The number of rotatable bonds is 1. The van der Waals surface area contributed by atoms with Crippen LogP contribution in [0.2, 0.25) is 0 Å². The molecule has 0 aromatic carbocycles. The highest BCUT2D eigenvalue weighted by atomic mass is 32.2. The molecule has 100 valence electrons. The van der Waals surface area contributed by atoms with Gasteiger partial charge in [-0.2, -0.15) is 0 Å². The quantitative estimate of drug-likeness (QED) is 0.684. The van der Waals surface area contributed by atoms with Crippen LogP contribution in [0.4, 0.5) is 0 Å². The maximum absolute atomic E-state index is 12.1. The molecular formula is C14H20O3S. The summed E-state index contributed by atoms with van der Waals surface area (Å²) in [4.78, 5) is 11.9. The molecule has 1 atom stereocenters. The Labute approximate surface area is 112 Å². The fourth-order valence-electron chi connectivity index (χ4n) is 4.93. The zero-order valence-corrected chi connectivity index (χ0v) is 11.6. The minimum atomic E-state index is -0.349. The number of methoxy groups -OCH3 is 1. The van der Waals surface area contributed by atoms with Crippen LogP contribution in [0.1, 0.15) is 32.1 Å². The van der Waals surface area contributed by atoms with E-state index in [9.17, 15) is 4.79 Å². The van der Waals surface area contributed by atoms with Crippen molar-refractivity contribution in [2.75, 3.05) is 12.9 Å². The molecule has 0 unspecified atom stereocenters. The molecule has 0 amide bonds. The third-order valence-corrected chi connectivity index (χ3v) is 7.21. The topological polar surface area (TPSA) is 35.5 Å². The Hall–Kier alpha value is -0.220. The Morgan fingerprint density at radius 1 is 1.17 bits per heavy atom. The zero-order valence-electron chi connectivity index (χ0n) is 10.8. The Morgan fingerprint density at radius 2 is 1.78 bits per heavy atom. The summed E-state index contributed by atoms with van der Waals surface area (Å²) in [5.74, 6) is 3.71. The van der Waals surface area contributed by atoms with Gasteiger partial charge in [-0.1, -0.05) is 0 Å². The van der Waals surface area contributed by atoms with Gasteiger partial charge in [0.25, 0.3) is 0 Å². The van der Waals surface area contributed by atoms with E-state index in [1.807, 2.05) is 11.8 Å². The van der Waals surface area contributed by atoms with Crippen LogP contribution in [-0.4, -0.2) is 29.9 Å². The van der Waals surface area contributed by atoms with E-state index >= 15 is 0 Å². The summed E-state index contributed by atoms with van der Waals surface area (Å²) in [5, 5.41) is 0. The van der Waals surface area contributed by atoms with E-state index in [0.29, 0.717) is 11.8 Å². The smallest absolute Gasteiger partial charge is 0.337 e. The number of esters is 1. The number of carbonyl (C=O) groups is 1. The normalized spacial score (nSPS) is 53.8. The Balaban J connectivity index is 1.62. The predicted molar refractivity (Wildman–Crippen MR) is 69.1 cm³/mol. The second-order valence-electron chi connectivity index (χ2n) is 6.48. The molecule has 1 heterocycles. The van der Waals surface area contributed by atoms with Crippen LogP contribution in [0.25, 0.3) is 0 Å². The standard InChI is InChI=1S/C14H20O3S/c1-16-12-7-18-14(17-13(12)15)10-3-8-2-9(5-10)6-11(14)4-8/h8-12H,2-7H2,1H3/t8?,9?,10?,11?,12-,14?/m0/s1. The highest BCUT2D eigenvalue weighted by Gasteiger charge is 2.61. The molecular weight excluding hydrogens is 248 g/mol. The molecule has 0 N–H and O–H groups in total. The average Bonchev–Trinajstić information content (AvgIpc) is 2.35. The van der Waals surface area contributed by atoms with Gasteiger partial charge in [0.15, 0.2) is 11.0 Å². The fraction of sp³-hybridized carbons (Fsp3) is 0.929. The van der Waals surface area contributed by atoms with Crippen molar-refractivity contribution >= 4 is 17.7 Å². The van der Waals surface area contributed by atoms with Crippen molar-refractivity contribution < 1.29 is 14.3 Å². The van der Waals surface area contributed by atoms with Crippen LogP contribution < -0.4 is 0 Å². The Kier molecular flexibility index (Phi) is 2.50. The first-order valence-corrected chi connectivity index (χ1v) is 8.09. The third-order valence-electron chi connectivity index (χ3n) is 5.54. The van der Waals surface area contributed by atoms with Crippen LogP contribution in [0.5, 0.6) is 0 Å². The van der Waals surface area contributed by atoms with Crippen LogP contribution in [-0.2, 0) is 14.3 Å². The molecule has 5 rings (SSSR count). The maximum Gasteiger partial charge on any atom is 0.337 e. The van der Waals surface area contributed by atoms with Crippen molar-refractivity contribution in [3.8, 4) is 0 Å². The Morgan fingerprint density at radius 3 is 2.28 bits per heavy atom. The first-order chi connectivity index (χ1) is 8.71. The van der Waals surface area contributed by atoms with Crippen molar-refractivity contribution in [1.29, 1.82) is 0 Å². The molecule has 1 saturated heterocycles. The van der Waals surface area contributed by atoms with Crippen molar-refractivity contribution in [1.82, 2.24) is 0 Å². The van der Waals surface area contributed by atoms with Gasteiger partial charge in [-0.15, -0.1) is 11.8 Å². The molecule has 4 saturated carbocycles. The van der Waals surface area contributed by atoms with Gasteiger partial charge in [0, 0.05) is 24.7 Å². The van der Waals surface area contributed by atoms with E-state index < -0.39 is 0 Å². The molecule has 0 radical (unpaired) electrons. The second-order valence-corrected chi connectivity index (χ2v) is 7.74. The van der Waals surface area contributed by atoms with Gasteiger partial charge in [0.05, 0.1) is 0 Å². The summed E-state index contributed by atoms with van der Waals surface area (Å²) in [6.45, 7) is 0. The van der Waals surface area contributed by atoms with Crippen molar-refractivity contribution in [3.63, 3.8) is 0 Å². The predicted octanol–water partition coefficient (Wildman–Crippen LogP) is 2.44. The molecule has 18 heavy (non-hydrogen) atoms. The summed E-state index contributed by atoms with van der Waals surface area (Å²) in [7, 11) is 1.60. The van der Waals surface area contributed by atoms with Gasteiger partial charge >= 0.3 is 5.97 Å². The first kappa shape index (κ1) is 11.6. The monoisotopic (exact) mass is 268 g/mol. The van der Waals surface area contributed by atoms with E-state index in [0.717, 1.165) is 17.6 Å². The summed E-state index contributed by atoms with van der Waals surface area (Å²) >= 11 is 1.87. The largest absolute Gasteiger partial charge is 0.445 e. The van der Waals surface area contributed by atoms with Crippen molar-refractivity contribution in [2.24, 2.45) is 23.7 Å². The molecule has 1 spiro atoms. The van der Waals surface area contributed by atoms with Gasteiger partial charge in [0.2, 0.25) is 0 Å². The number of ether oxygens (including phenoxy) is 2. The van der Waals surface area contributed by atoms with E-state index in [1.54, 1.807) is 7.11 Å². The molecule has 4 heteroatoms. The highest BCUT2D eigenvalue weighted by molar-refractivity contribution is 8.00. The Bertz CT molecular complexity index is 353. The molecule has 5 fully saturated rings. The van der Waals surface area contributed by atoms with Crippen LogP contribution in [0, 0.1) is 23.7 Å². The number of hydrogen-bond donors (Lipinski definition) is 0. The lowest BCUT2D eigenvalue weighted by molar-refractivity contribution is -0.191. The zero-order chi connectivity index (χ0) is 12.3. The fourth-order valence-corrected chi connectivity index (χ4v) is 6.62. The summed E-state index contributed by atoms with van der Waals surface area (Å²) in [6, 6.07) is 0. The number of carbonyl (C=O) groups excluding carboxylic acids is 1. The lowest BCUT2D eigenvalue weighted by Crippen LogP contribution is -2.61. The maximum atomic E-state index is 12.1. The van der Waals surface area contributed by atoms with Crippen molar-refractivity contribution in [2.45, 2.75) is 43.1 Å². The minimum absolute atomic E-state index is 0.122. The summed E-state index contributed by atoms with van der Waals surface area (Å²) in [5.41, 5.74) is 0. The SMILES string of the molecule is CO[C@H]1CSC2(OC1=O)C1CC3CC(C1)CC2C3. The lowest BCUT2D eigenvalue weighted by atomic mass is 9.54. The lowest BCUT2D eigenvalue weighted by Gasteiger charge is -2.60. The number of thioether (sulfide) groups is 1. The third kappa shape index (κ3) is 1.45. The average molecular weight is 268 g/mol. The van der Waals surface area contributed by atoms with Gasteiger partial charge in [0.1, 0.15) is 0 Å². The molecule has 0 aromatic heterocycles. The van der Waals surface area contributed by atoms with Gasteiger partial charge < -0.3 is 9.47 Å². The molecule has 3 nitrogen and oxygen atoms in total. The first-order valence-electron chi connectivity index (χ1n) is 7.11. The molecule has 0 aromatic rings. The van der Waals surface area contributed by atoms with Gasteiger partial charge in [-0.3, -0.25) is 0 Å². The van der Waals surface area contributed by atoms with Crippen molar-refractivity contribution in [3.05, 3.63) is 0 Å². The highest BCUT2D eigenvalue weighted by Crippen LogP contribution is 2.64. The summed E-state index contributed by atoms with van der Waals surface area (Å²) < 4.78 is 11.1. The molecule has 4 aliphatic carbocycles. The van der Waals surface area contributed by atoms with E-state index in [2.05, 4.69) is 0 Å². The van der Waals surface area contributed by atoms with E-state index in [-0.39, 0.29) is 17.0 Å². The van der Waals surface area contributed by atoms with E-state index in [1.165, 1.54) is 32.1 Å². The van der Waals surface area contributed by atoms with Crippen LogP contribution >= 0.6 is 11.8 Å². The van der Waals surface area contributed by atoms with Crippen LogP contribution in [0.3, 0.4) is 0 Å². The number of hydrogen-bond acceptors (Lipinski definition) is 4. The second kappa shape index (κ2) is 3.89. The molecule has 1 aliphatic heterocycles. The molecule has 5 aliphatic rings. The summed E-state index contributed by atoms with van der Waals surface area (Å²) in [6.07, 6.45) is 6.21.